The third-order valence-corrected chi connectivity index (χ3v) is 3.00. The highest BCUT2D eigenvalue weighted by Gasteiger charge is 2.03. The second kappa shape index (κ2) is 6.36. The van der Waals surface area contributed by atoms with Gasteiger partial charge in [0.2, 0.25) is 0 Å². The van der Waals surface area contributed by atoms with Crippen molar-refractivity contribution in [1.29, 1.82) is 0 Å². The fourth-order valence-corrected chi connectivity index (χ4v) is 1.97. The van der Waals surface area contributed by atoms with E-state index in [2.05, 4.69) is 30.2 Å². The van der Waals surface area contributed by atoms with Crippen LogP contribution in [-0.2, 0) is 31.2 Å². The summed E-state index contributed by atoms with van der Waals surface area (Å²) in [5.74, 6) is 0. The lowest BCUT2D eigenvalue weighted by atomic mass is 10.2. The third-order valence-electron chi connectivity index (χ3n) is 3.00. The summed E-state index contributed by atoms with van der Waals surface area (Å²) < 4.78 is 7.61. The van der Waals surface area contributed by atoms with E-state index in [1.807, 2.05) is 29.9 Å². The van der Waals surface area contributed by atoms with Crippen LogP contribution in [0.5, 0.6) is 0 Å². The predicted molar refractivity (Wildman–Crippen MR) is 72.4 cm³/mol. The summed E-state index contributed by atoms with van der Waals surface area (Å²) in [5, 5.41) is 4.46. The molecule has 0 aliphatic heterocycles. The van der Waals surface area contributed by atoms with Crippen LogP contribution in [0.3, 0.4) is 0 Å². The highest BCUT2D eigenvalue weighted by atomic mass is 16.5. The molecule has 0 aliphatic carbocycles. The van der Waals surface area contributed by atoms with Gasteiger partial charge in [0.05, 0.1) is 18.9 Å². The molecule has 0 bridgehead atoms. The molecule has 0 saturated carbocycles. The first-order valence-electron chi connectivity index (χ1n) is 6.43. The van der Waals surface area contributed by atoms with Gasteiger partial charge in [0.25, 0.3) is 0 Å². The maximum absolute atomic E-state index is 5.66. The first-order valence-corrected chi connectivity index (χ1v) is 6.43. The number of aromatic nitrogens is 2. The van der Waals surface area contributed by atoms with Gasteiger partial charge in [0, 0.05) is 19.2 Å². The molecule has 0 fully saturated rings. The lowest BCUT2D eigenvalue weighted by Crippen LogP contribution is -2.00. The molecular weight excluding hydrogens is 224 g/mol. The molecule has 2 rings (SSSR count). The minimum absolute atomic E-state index is 0.675. The molecule has 0 spiro atoms. The molecular formula is C15H20N2O. The molecule has 0 saturated heterocycles. The largest absolute Gasteiger partial charge is 0.376 e. The van der Waals surface area contributed by atoms with Gasteiger partial charge < -0.3 is 4.74 Å². The average Bonchev–Trinajstić information content (AvgIpc) is 2.76. The van der Waals surface area contributed by atoms with Gasteiger partial charge in [-0.1, -0.05) is 37.3 Å². The Balaban J connectivity index is 1.75. The fraction of sp³-hybridized carbons (Fsp3) is 0.400. The number of nitrogens with zero attached hydrogens (tertiary/aromatic N) is 2. The molecule has 0 aliphatic rings. The Labute approximate surface area is 108 Å². The molecule has 1 heterocycles. The van der Waals surface area contributed by atoms with Crippen LogP contribution in [0.4, 0.5) is 0 Å². The summed E-state index contributed by atoms with van der Waals surface area (Å²) in [4.78, 5) is 0. The van der Waals surface area contributed by atoms with Crippen molar-refractivity contribution >= 4 is 0 Å². The number of ether oxygens (including phenoxy) is 1. The number of aryl methyl sites for hydroxylation is 2. The minimum atomic E-state index is 0.675. The first-order chi connectivity index (χ1) is 8.79. The van der Waals surface area contributed by atoms with E-state index >= 15 is 0 Å². The highest BCUT2D eigenvalue weighted by molar-refractivity contribution is 5.13. The van der Waals surface area contributed by atoms with Crippen molar-refractivity contribution in [2.24, 2.45) is 7.05 Å². The van der Waals surface area contributed by atoms with E-state index in [0.29, 0.717) is 6.61 Å². The van der Waals surface area contributed by atoms with E-state index in [0.717, 1.165) is 25.1 Å². The Morgan fingerprint density at radius 1 is 1.22 bits per heavy atom. The Bertz CT molecular complexity index is 476. The van der Waals surface area contributed by atoms with Gasteiger partial charge in [-0.3, -0.25) is 4.68 Å². The molecule has 0 N–H and O–H groups in total. The zero-order valence-electron chi connectivity index (χ0n) is 11.1. The molecule has 3 nitrogen and oxygen atoms in total. The Hall–Kier alpha value is -1.61. The van der Waals surface area contributed by atoms with Crippen LogP contribution in [0.15, 0.2) is 36.4 Å². The normalized spacial score (nSPS) is 10.8. The lowest BCUT2D eigenvalue weighted by Gasteiger charge is -2.02. The Morgan fingerprint density at radius 3 is 2.67 bits per heavy atom. The monoisotopic (exact) mass is 244 g/mol. The van der Waals surface area contributed by atoms with Crippen molar-refractivity contribution in [1.82, 2.24) is 9.78 Å². The molecule has 0 amide bonds. The van der Waals surface area contributed by atoms with Gasteiger partial charge in [0.1, 0.15) is 0 Å². The van der Waals surface area contributed by atoms with E-state index in [-0.39, 0.29) is 0 Å². The smallest absolute Gasteiger partial charge is 0.0717 e. The molecule has 1 aromatic heterocycles. The molecule has 96 valence electrons. The second-order valence-corrected chi connectivity index (χ2v) is 4.39. The highest BCUT2D eigenvalue weighted by Crippen LogP contribution is 2.06. The summed E-state index contributed by atoms with van der Waals surface area (Å²) in [6.45, 7) is 3.54. The van der Waals surface area contributed by atoms with Crippen molar-refractivity contribution in [3.05, 3.63) is 53.3 Å². The first kappa shape index (κ1) is 12.8. The van der Waals surface area contributed by atoms with E-state index in [4.69, 9.17) is 4.74 Å². The van der Waals surface area contributed by atoms with Gasteiger partial charge in [-0.25, -0.2) is 0 Å². The number of hydrogen-bond donors (Lipinski definition) is 0. The number of rotatable bonds is 6. The topological polar surface area (TPSA) is 27.1 Å². The van der Waals surface area contributed by atoms with E-state index < -0.39 is 0 Å². The minimum Gasteiger partial charge on any atom is -0.376 e. The van der Waals surface area contributed by atoms with Crippen LogP contribution in [0.2, 0.25) is 0 Å². The van der Waals surface area contributed by atoms with Gasteiger partial charge in [-0.2, -0.15) is 5.10 Å². The molecule has 0 radical (unpaired) electrons. The van der Waals surface area contributed by atoms with Gasteiger partial charge in [0.15, 0.2) is 0 Å². The van der Waals surface area contributed by atoms with Crippen LogP contribution in [-0.4, -0.2) is 16.4 Å². The van der Waals surface area contributed by atoms with Gasteiger partial charge >= 0.3 is 0 Å². The summed E-state index contributed by atoms with van der Waals surface area (Å²) in [7, 11) is 1.99. The molecule has 2 aromatic rings. The molecule has 1 aromatic carbocycles. The average molecular weight is 244 g/mol. The van der Waals surface area contributed by atoms with Gasteiger partial charge in [-0.05, 0) is 18.1 Å². The molecule has 0 unspecified atom stereocenters. The van der Waals surface area contributed by atoms with E-state index in [9.17, 15) is 0 Å². The summed E-state index contributed by atoms with van der Waals surface area (Å²) in [6.07, 6.45) is 1.90. The molecule has 18 heavy (non-hydrogen) atoms. The van der Waals surface area contributed by atoms with Crippen LogP contribution >= 0.6 is 0 Å². The SMILES string of the molecule is CCc1cc(CCOCc2ccccc2)nn1C. The summed E-state index contributed by atoms with van der Waals surface area (Å²) >= 11 is 0. The second-order valence-electron chi connectivity index (χ2n) is 4.39. The molecule has 0 atom stereocenters. The van der Waals surface area contributed by atoms with Crippen LogP contribution in [0, 0.1) is 0 Å². The third kappa shape index (κ3) is 3.44. The quantitative estimate of drug-likeness (QED) is 0.731. The zero-order chi connectivity index (χ0) is 12.8. The Kier molecular flexibility index (Phi) is 4.53. The summed E-state index contributed by atoms with van der Waals surface area (Å²) in [6, 6.07) is 12.4. The summed E-state index contributed by atoms with van der Waals surface area (Å²) in [5.41, 5.74) is 3.60. The molecule has 3 heteroatoms. The standard InChI is InChI=1S/C15H20N2O/c1-3-15-11-14(16-17(15)2)9-10-18-12-13-7-5-4-6-8-13/h4-8,11H,3,9-10,12H2,1-2H3. The zero-order valence-corrected chi connectivity index (χ0v) is 11.1. The van der Waals surface area contributed by atoms with Crippen molar-refractivity contribution < 1.29 is 4.74 Å². The predicted octanol–water partition coefficient (Wildman–Crippen LogP) is 2.74. The van der Waals surface area contributed by atoms with Crippen molar-refractivity contribution in [2.75, 3.05) is 6.61 Å². The van der Waals surface area contributed by atoms with Crippen LogP contribution < -0.4 is 0 Å². The van der Waals surface area contributed by atoms with Crippen LogP contribution in [0.25, 0.3) is 0 Å². The van der Waals surface area contributed by atoms with E-state index in [1.54, 1.807) is 0 Å². The van der Waals surface area contributed by atoms with Crippen LogP contribution in [0.1, 0.15) is 23.9 Å². The number of benzene rings is 1. The Morgan fingerprint density at radius 2 is 2.00 bits per heavy atom. The van der Waals surface area contributed by atoms with E-state index in [1.165, 1.54) is 11.3 Å². The van der Waals surface area contributed by atoms with Gasteiger partial charge in [-0.15, -0.1) is 0 Å². The number of hydrogen-bond acceptors (Lipinski definition) is 2. The van der Waals surface area contributed by atoms with Crippen molar-refractivity contribution in [3.63, 3.8) is 0 Å². The maximum Gasteiger partial charge on any atom is 0.0717 e. The van der Waals surface area contributed by atoms with Crippen molar-refractivity contribution in [2.45, 2.75) is 26.4 Å². The maximum atomic E-state index is 5.66. The van der Waals surface area contributed by atoms with Crippen molar-refractivity contribution in [3.8, 4) is 0 Å². The fourth-order valence-electron chi connectivity index (χ4n) is 1.97. The lowest BCUT2D eigenvalue weighted by molar-refractivity contribution is 0.123.